The lowest BCUT2D eigenvalue weighted by molar-refractivity contribution is -0.129. The molecule has 2 amide bonds. The van der Waals surface area contributed by atoms with Crippen LogP contribution in [-0.4, -0.2) is 23.9 Å². The Balaban J connectivity index is 3.92. The number of carbonyl (C=O) groups excluding carboxylic acids is 2. The lowest BCUT2D eigenvalue weighted by atomic mass is 10.2. The first-order valence-corrected chi connectivity index (χ1v) is 3.55. The Morgan fingerprint density at radius 1 is 1.25 bits per heavy atom. The van der Waals surface area contributed by atoms with Gasteiger partial charge in [0.25, 0.3) is 5.91 Å². The molecule has 0 aliphatic rings. The quantitative estimate of drug-likeness (QED) is 0.221. The second-order valence-electron chi connectivity index (χ2n) is 2.53. The highest BCUT2D eigenvalue weighted by Gasteiger charge is 2.15. The zero-order chi connectivity index (χ0) is 9.72. The second kappa shape index (κ2) is 4.68. The summed E-state index contributed by atoms with van der Waals surface area (Å²) >= 11 is 0. The van der Waals surface area contributed by atoms with Gasteiger partial charge in [-0.05, 0) is 13.8 Å². The first kappa shape index (κ1) is 10.9. The maximum Gasteiger partial charge on any atom is 0.256 e. The van der Waals surface area contributed by atoms with Gasteiger partial charge in [-0.2, -0.15) is 0 Å². The Morgan fingerprint density at radius 2 is 1.75 bits per heavy atom. The molecule has 2 unspecified atom stereocenters. The van der Waals surface area contributed by atoms with Gasteiger partial charge in [0, 0.05) is 0 Å². The molecule has 0 bridgehead atoms. The molecule has 0 aromatic rings. The van der Waals surface area contributed by atoms with Gasteiger partial charge < -0.3 is 11.1 Å². The lowest BCUT2D eigenvalue weighted by Crippen LogP contribution is -2.50. The smallest absolute Gasteiger partial charge is 0.256 e. The van der Waals surface area contributed by atoms with Gasteiger partial charge in [0.2, 0.25) is 5.91 Å². The average molecular weight is 174 g/mol. The van der Waals surface area contributed by atoms with Gasteiger partial charge in [-0.1, -0.05) is 0 Å². The fourth-order valence-corrected chi connectivity index (χ4v) is 0.535. The number of nitrogens with one attached hydrogen (secondary N) is 2. The van der Waals surface area contributed by atoms with Crippen LogP contribution in [0.2, 0.25) is 0 Å². The van der Waals surface area contributed by atoms with Crippen LogP contribution in [-0.2, 0) is 9.59 Å². The van der Waals surface area contributed by atoms with Gasteiger partial charge in [0.15, 0.2) is 0 Å². The molecule has 6 nitrogen and oxygen atoms in total. The highest BCUT2D eigenvalue weighted by atomic mass is 16.2. The average Bonchev–Trinajstić information content (AvgIpc) is 2.02. The number of carbonyl (C=O) groups is 2. The molecule has 0 rings (SSSR count). The van der Waals surface area contributed by atoms with Crippen molar-refractivity contribution in [1.29, 1.82) is 0 Å². The third kappa shape index (κ3) is 3.31. The van der Waals surface area contributed by atoms with E-state index in [0.29, 0.717) is 0 Å². The summed E-state index contributed by atoms with van der Waals surface area (Å²) in [5.41, 5.74) is 7.17. The molecule has 0 aliphatic carbocycles. The third-order valence-corrected chi connectivity index (χ3v) is 1.31. The van der Waals surface area contributed by atoms with E-state index in [2.05, 4.69) is 5.32 Å². The molecule has 0 spiro atoms. The fourth-order valence-electron chi connectivity index (χ4n) is 0.535. The molecule has 0 fully saturated rings. The van der Waals surface area contributed by atoms with Crippen LogP contribution in [0.3, 0.4) is 0 Å². The summed E-state index contributed by atoms with van der Waals surface area (Å²) < 4.78 is 0. The molecule has 0 aromatic carbocycles. The van der Waals surface area contributed by atoms with E-state index in [1.807, 2.05) is 5.43 Å². The molecule has 6 heteroatoms. The van der Waals surface area contributed by atoms with Crippen molar-refractivity contribution in [1.82, 2.24) is 10.7 Å². The van der Waals surface area contributed by atoms with Gasteiger partial charge in [-0.25, -0.2) is 5.84 Å². The summed E-state index contributed by atoms with van der Waals surface area (Å²) in [6, 6.07) is -1.29. The Morgan fingerprint density at radius 3 is 2.08 bits per heavy atom. The van der Waals surface area contributed by atoms with E-state index < -0.39 is 18.0 Å². The van der Waals surface area contributed by atoms with E-state index in [4.69, 9.17) is 11.6 Å². The van der Waals surface area contributed by atoms with Crippen molar-refractivity contribution < 1.29 is 9.59 Å². The minimum absolute atomic E-state index is 0.383. The zero-order valence-corrected chi connectivity index (χ0v) is 7.13. The molecule has 0 radical (unpaired) electrons. The highest BCUT2D eigenvalue weighted by Crippen LogP contribution is 1.82. The first-order valence-electron chi connectivity index (χ1n) is 3.55. The minimum Gasteiger partial charge on any atom is -0.343 e. The van der Waals surface area contributed by atoms with Crippen LogP contribution in [0.1, 0.15) is 13.8 Å². The van der Waals surface area contributed by atoms with Crippen molar-refractivity contribution in [3.8, 4) is 0 Å². The van der Waals surface area contributed by atoms with E-state index in [1.54, 1.807) is 0 Å². The van der Waals surface area contributed by atoms with Crippen molar-refractivity contribution in [2.75, 3.05) is 0 Å². The molecule has 6 N–H and O–H groups in total. The van der Waals surface area contributed by atoms with Crippen LogP contribution in [0.25, 0.3) is 0 Å². The molecule has 2 atom stereocenters. The summed E-state index contributed by atoms with van der Waals surface area (Å²) in [5, 5.41) is 2.37. The van der Waals surface area contributed by atoms with Crippen LogP contribution >= 0.6 is 0 Å². The van der Waals surface area contributed by atoms with Gasteiger partial charge in [0.1, 0.15) is 6.04 Å². The Labute approximate surface area is 70.6 Å². The molecule has 0 saturated heterocycles. The van der Waals surface area contributed by atoms with E-state index in [0.717, 1.165) is 0 Å². The van der Waals surface area contributed by atoms with Crippen LogP contribution in [0, 0.1) is 0 Å². The monoisotopic (exact) mass is 174 g/mol. The fraction of sp³-hybridized carbons (Fsp3) is 0.667. The van der Waals surface area contributed by atoms with Crippen molar-refractivity contribution in [2.24, 2.45) is 11.6 Å². The normalized spacial score (nSPS) is 14.7. The Bertz CT molecular complexity index is 180. The summed E-state index contributed by atoms with van der Waals surface area (Å²) in [6.45, 7) is 3.05. The molecule has 0 aliphatic heterocycles. The SMILES string of the molecule is CC(N)C(=O)NC(C)C(=O)NN. The largest absolute Gasteiger partial charge is 0.343 e. The zero-order valence-electron chi connectivity index (χ0n) is 7.13. The van der Waals surface area contributed by atoms with Crippen molar-refractivity contribution >= 4 is 11.8 Å². The topological polar surface area (TPSA) is 110 Å². The van der Waals surface area contributed by atoms with Crippen LogP contribution in [0.4, 0.5) is 0 Å². The number of rotatable bonds is 3. The van der Waals surface area contributed by atoms with E-state index in [1.165, 1.54) is 13.8 Å². The maximum absolute atomic E-state index is 10.9. The molecule has 0 heterocycles. The van der Waals surface area contributed by atoms with Gasteiger partial charge in [-0.3, -0.25) is 15.0 Å². The summed E-state index contributed by atoms with van der Waals surface area (Å²) in [5.74, 6) is 4.00. The predicted octanol–water partition coefficient (Wildman–Crippen LogP) is -2.17. The lowest BCUT2D eigenvalue weighted by Gasteiger charge is -2.13. The van der Waals surface area contributed by atoms with Gasteiger partial charge in [0.05, 0.1) is 6.04 Å². The van der Waals surface area contributed by atoms with Gasteiger partial charge in [-0.15, -0.1) is 0 Å². The summed E-state index contributed by atoms with van der Waals surface area (Å²) in [4.78, 5) is 21.7. The highest BCUT2D eigenvalue weighted by molar-refractivity contribution is 5.88. The number of nitrogens with two attached hydrogens (primary N) is 2. The number of hydrogen-bond acceptors (Lipinski definition) is 4. The number of hydrogen-bond donors (Lipinski definition) is 4. The molecule has 0 aromatic heterocycles. The Kier molecular flexibility index (Phi) is 4.24. The summed E-state index contributed by atoms with van der Waals surface area (Å²) in [7, 11) is 0. The van der Waals surface area contributed by atoms with Crippen molar-refractivity contribution in [3.05, 3.63) is 0 Å². The first-order chi connectivity index (χ1) is 5.49. The van der Waals surface area contributed by atoms with Crippen LogP contribution in [0.15, 0.2) is 0 Å². The Hall–Kier alpha value is -1.14. The minimum atomic E-state index is -0.659. The molecule has 12 heavy (non-hydrogen) atoms. The van der Waals surface area contributed by atoms with Crippen molar-refractivity contribution in [2.45, 2.75) is 25.9 Å². The van der Waals surface area contributed by atoms with E-state index in [-0.39, 0.29) is 5.91 Å². The molecule has 0 saturated carbocycles. The van der Waals surface area contributed by atoms with Crippen LogP contribution < -0.4 is 22.3 Å². The van der Waals surface area contributed by atoms with Gasteiger partial charge >= 0.3 is 0 Å². The second-order valence-corrected chi connectivity index (χ2v) is 2.53. The summed E-state index contributed by atoms with van der Waals surface area (Å²) in [6.07, 6.45) is 0. The third-order valence-electron chi connectivity index (χ3n) is 1.31. The van der Waals surface area contributed by atoms with E-state index >= 15 is 0 Å². The van der Waals surface area contributed by atoms with Crippen molar-refractivity contribution in [3.63, 3.8) is 0 Å². The maximum atomic E-state index is 10.9. The van der Waals surface area contributed by atoms with E-state index in [9.17, 15) is 9.59 Å². The molecular formula is C6H14N4O2. The predicted molar refractivity (Wildman–Crippen MR) is 43.6 cm³/mol. The standard InChI is InChI=1S/C6H14N4O2/c1-3(7)5(11)9-4(2)6(12)10-8/h3-4H,7-8H2,1-2H3,(H,9,11)(H,10,12). The molecular weight excluding hydrogens is 160 g/mol. The number of hydrazine groups is 1. The number of amides is 2. The molecule has 70 valence electrons. The van der Waals surface area contributed by atoms with Crippen LogP contribution in [0.5, 0.6) is 0 Å².